The molecule has 0 saturated heterocycles. The molecule has 2 unspecified atom stereocenters. The van der Waals surface area contributed by atoms with Crippen molar-refractivity contribution in [3.05, 3.63) is 41.2 Å². The molecule has 1 aromatic carbocycles. The maximum atomic E-state index is 12.2. The summed E-state index contributed by atoms with van der Waals surface area (Å²) in [5.41, 5.74) is 3.10. The minimum atomic E-state index is -0.170. The first kappa shape index (κ1) is 16.4. The van der Waals surface area contributed by atoms with Crippen LogP contribution in [-0.4, -0.2) is 35.4 Å². The van der Waals surface area contributed by atoms with Crippen molar-refractivity contribution in [2.45, 2.75) is 39.2 Å². The Morgan fingerprint density at radius 2 is 2.12 bits per heavy atom. The van der Waals surface area contributed by atoms with Gasteiger partial charge in [-0.3, -0.25) is 9.89 Å². The predicted molar refractivity (Wildman–Crippen MR) is 90.5 cm³/mol. The highest BCUT2D eigenvalue weighted by Crippen LogP contribution is 2.30. The Morgan fingerprint density at radius 1 is 1.38 bits per heavy atom. The monoisotopic (exact) mass is 329 g/mol. The van der Waals surface area contributed by atoms with E-state index in [0.717, 1.165) is 28.5 Å². The molecule has 0 spiro atoms. The van der Waals surface area contributed by atoms with Crippen molar-refractivity contribution in [3.8, 4) is 11.5 Å². The summed E-state index contributed by atoms with van der Waals surface area (Å²) in [6.45, 7) is 6.85. The number of H-pyrrole nitrogens is 1. The SMILES string of the molecule is Cc1n[nH]c(C)c1C(C)CC(=O)NCC1COc2ccccc2O1. The number of para-hydroxylation sites is 2. The summed E-state index contributed by atoms with van der Waals surface area (Å²) >= 11 is 0. The summed E-state index contributed by atoms with van der Waals surface area (Å²) in [4.78, 5) is 12.2. The molecule has 128 valence electrons. The van der Waals surface area contributed by atoms with Gasteiger partial charge in [-0.25, -0.2) is 0 Å². The quantitative estimate of drug-likeness (QED) is 0.883. The van der Waals surface area contributed by atoms with E-state index in [-0.39, 0.29) is 17.9 Å². The van der Waals surface area contributed by atoms with Gasteiger partial charge in [0.2, 0.25) is 5.91 Å². The number of benzene rings is 1. The van der Waals surface area contributed by atoms with Gasteiger partial charge in [0.25, 0.3) is 0 Å². The molecule has 1 amide bonds. The lowest BCUT2D eigenvalue weighted by atomic mass is 9.95. The van der Waals surface area contributed by atoms with Gasteiger partial charge in [-0.2, -0.15) is 5.10 Å². The number of carbonyl (C=O) groups excluding carboxylic acids is 1. The number of fused-ring (bicyclic) bond motifs is 1. The van der Waals surface area contributed by atoms with Crippen LogP contribution in [0.5, 0.6) is 11.5 Å². The van der Waals surface area contributed by atoms with Crippen LogP contribution in [0.1, 0.15) is 36.2 Å². The van der Waals surface area contributed by atoms with Gasteiger partial charge in [-0.1, -0.05) is 19.1 Å². The molecule has 2 atom stereocenters. The molecule has 1 aliphatic rings. The molecule has 1 aliphatic heterocycles. The molecule has 6 heteroatoms. The first-order valence-corrected chi connectivity index (χ1v) is 8.21. The molecule has 6 nitrogen and oxygen atoms in total. The number of aromatic amines is 1. The summed E-state index contributed by atoms with van der Waals surface area (Å²) in [6, 6.07) is 7.56. The van der Waals surface area contributed by atoms with Crippen molar-refractivity contribution in [2.75, 3.05) is 13.2 Å². The smallest absolute Gasteiger partial charge is 0.220 e. The number of amides is 1. The van der Waals surface area contributed by atoms with Crippen LogP contribution in [0.2, 0.25) is 0 Å². The average Bonchev–Trinajstić information content (AvgIpc) is 2.91. The second-order valence-corrected chi connectivity index (χ2v) is 6.25. The number of ether oxygens (including phenoxy) is 2. The molecular formula is C18H23N3O3. The number of rotatable bonds is 5. The second-order valence-electron chi connectivity index (χ2n) is 6.25. The van der Waals surface area contributed by atoms with E-state index < -0.39 is 0 Å². The number of hydrogen-bond donors (Lipinski definition) is 2. The van der Waals surface area contributed by atoms with Crippen LogP contribution >= 0.6 is 0 Å². The molecule has 24 heavy (non-hydrogen) atoms. The van der Waals surface area contributed by atoms with Crippen molar-refractivity contribution in [1.82, 2.24) is 15.5 Å². The number of nitrogens with zero attached hydrogens (tertiary/aromatic N) is 1. The van der Waals surface area contributed by atoms with Crippen molar-refractivity contribution in [2.24, 2.45) is 0 Å². The Hall–Kier alpha value is -2.50. The Labute approximate surface area is 141 Å². The fourth-order valence-electron chi connectivity index (χ4n) is 3.13. The largest absolute Gasteiger partial charge is 0.486 e. The van der Waals surface area contributed by atoms with Crippen LogP contribution in [0.3, 0.4) is 0 Å². The maximum Gasteiger partial charge on any atom is 0.220 e. The molecule has 0 bridgehead atoms. The Balaban J connectivity index is 1.50. The fraction of sp³-hybridized carbons (Fsp3) is 0.444. The minimum absolute atomic E-state index is 0.00459. The van der Waals surface area contributed by atoms with Gasteiger partial charge < -0.3 is 14.8 Å². The fourth-order valence-corrected chi connectivity index (χ4v) is 3.13. The van der Waals surface area contributed by atoms with E-state index in [4.69, 9.17) is 9.47 Å². The van der Waals surface area contributed by atoms with E-state index in [1.54, 1.807) is 0 Å². The van der Waals surface area contributed by atoms with Gasteiger partial charge >= 0.3 is 0 Å². The molecule has 2 aromatic rings. The Kier molecular flexibility index (Phi) is 4.74. The van der Waals surface area contributed by atoms with Crippen LogP contribution in [0.4, 0.5) is 0 Å². The maximum absolute atomic E-state index is 12.2. The zero-order valence-corrected chi connectivity index (χ0v) is 14.3. The lowest BCUT2D eigenvalue weighted by molar-refractivity contribution is -0.121. The van der Waals surface area contributed by atoms with Gasteiger partial charge in [0.15, 0.2) is 11.5 Å². The highest BCUT2D eigenvalue weighted by molar-refractivity contribution is 5.77. The summed E-state index contributed by atoms with van der Waals surface area (Å²) in [5.74, 6) is 1.60. The normalized spacial score (nSPS) is 17.4. The standard InChI is InChI=1S/C18H23N3O3/c1-11(18-12(2)20-21-13(18)3)8-17(22)19-9-14-10-23-15-6-4-5-7-16(15)24-14/h4-7,11,14H,8-10H2,1-3H3,(H,19,22)(H,20,21). The van der Waals surface area contributed by atoms with Gasteiger partial charge in [-0.15, -0.1) is 0 Å². The third kappa shape index (κ3) is 3.53. The molecule has 2 heterocycles. The third-order valence-electron chi connectivity index (χ3n) is 4.26. The van der Waals surface area contributed by atoms with E-state index in [1.165, 1.54) is 0 Å². The van der Waals surface area contributed by atoms with Crippen LogP contribution in [0, 0.1) is 13.8 Å². The van der Waals surface area contributed by atoms with Gasteiger partial charge in [0.05, 0.1) is 12.2 Å². The highest BCUT2D eigenvalue weighted by Gasteiger charge is 2.22. The topological polar surface area (TPSA) is 76.2 Å². The molecule has 0 saturated carbocycles. The summed E-state index contributed by atoms with van der Waals surface area (Å²) < 4.78 is 11.5. The molecule has 0 fully saturated rings. The summed E-state index contributed by atoms with van der Waals surface area (Å²) in [5, 5.41) is 10.1. The number of hydrogen-bond acceptors (Lipinski definition) is 4. The predicted octanol–water partition coefficient (Wildman–Crippen LogP) is 2.48. The highest BCUT2D eigenvalue weighted by atomic mass is 16.6. The molecule has 0 radical (unpaired) electrons. The average molecular weight is 329 g/mol. The Morgan fingerprint density at radius 3 is 2.83 bits per heavy atom. The van der Waals surface area contributed by atoms with Crippen molar-refractivity contribution >= 4 is 5.91 Å². The number of nitrogens with one attached hydrogen (secondary N) is 2. The van der Waals surface area contributed by atoms with E-state index in [9.17, 15) is 4.79 Å². The molecule has 0 aliphatic carbocycles. The first-order valence-electron chi connectivity index (χ1n) is 8.21. The lowest BCUT2D eigenvalue weighted by Gasteiger charge is -2.26. The van der Waals surface area contributed by atoms with Crippen LogP contribution in [-0.2, 0) is 4.79 Å². The lowest BCUT2D eigenvalue weighted by Crippen LogP contribution is -2.41. The first-order chi connectivity index (χ1) is 11.5. The van der Waals surface area contributed by atoms with Gasteiger partial charge in [0, 0.05) is 12.1 Å². The molecule has 2 N–H and O–H groups in total. The van der Waals surface area contributed by atoms with E-state index in [2.05, 4.69) is 15.5 Å². The van der Waals surface area contributed by atoms with Crippen molar-refractivity contribution < 1.29 is 14.3 Å². The number of aryl methyl sites for hydroxylation is 2. The molecular weight excluding hydrogens is 306 g/mol. The zero-order chi connectivity index (χ0) is 17.1. The number of carbonyl (C=O) groups is 1. The van der Waals surface area contributed by atoms with Crippen molar-refractivity contribution in [1.29, 1.82) is 0 Å². The van der Waals surface area contributed by atoms with E-state index in [0.29, 0.717) is 19.6 Å². The zero-order valence-electron chi connectivity index (χ0n) is 14.3. The van der Waals surface area contributed by atoms with Crippen LogP contribution in [0.15, 0.2) is 24.3 Å². The minimum Gasteiger partial charge on any atom is -0.486 e. The third-order valence-corrected chi connectivity index (χ3v) is 4.26. The molecule has 1 aromatic heterocycles. The van der Waals surface area contributed by atoms with E-state index >= 15 is 0 Å². The summed E-state index contributed by atoms with van der Waals surface area (Å²) in [6.07, 6.45) is 0.252. The molecule has 3 rings (SSSR count). The van der Waals surface area contributed by atoms with Gasteiger partial charge in [0.1, 0.15) is 12.7 Å². The van der Waals surface area contributed by atoms with Crippen LogP contribution in [0.25, 0.3) is 0 Å². The van der Waals surface area contributed by atoms with Crippen molar-refractivity contribution in [3.63, 3.8) is 0 Å². The Bertz CT molecular complexity index is 707. The summed E-state index contributed by atoms with van der Waals surface area (Å²) in [7, 11) is 0. The van der Waals surface area contributed by atoms with E-state index in [1.807, 2.05) is 45.0 Å². The van der Waals surface area contributed by atoms with Crippen LogP contribution < -0.4 is 14.8 Å². The second kappa shape index (κ2) is 6.95. The number of aromatic nitrogens is 2. The van der Waals surface area contributed by atoms with Gasteiger partial charge in [-0.05, 0) is 37.5 Å².